The fraction of sp³-hybridized carbons (Fsp3) is 0.0769. The predicted molar refractivity (Wildman–Crippen MR) is 71.3 cm³/mol. The van der Waals surface area contributed by atoms with E-state index in [1.165, 1.54) is 12.1 Å². The second-order valence-electron chi connectivity index (χ2n) is 4.10. The van der Waals surface area contributed by atoms with Gasteiger partial charge in [0.05, 0.1) is 10.4 Å². The highest BCUT2D eigenvalue weighted by Gasteiger charge is 2.06. The van der Waals surface area contributed by atoms with E-state index in [4.69, 9.17) is 4.74 Å². The lowest BCUT2D eigenvalue weighted by Gasteiger charge is -2.06. The standard InChI is InChI=1S/C13H10N4O3/c18-17(19)10-5-7-11(8-6-10)20-9-16-13-4-2-1-3-12(13)14-15-16/h1-8H,9H2. The third kappa shape index (κ3) is 2.28. The molecule has 0 N–H and O–H groups in total. The lowest BCUT2D eigenvalue weighted by Crippen LogP contribution is -2.06. The SMILES string of the molecule is O=[N+]([O-])c1ccc(OCn2nnc3ccccc32)cc1. The molecule has 1 aromatic heterocycles. The van der Waals surface area contributed by atoms with Crippen molar-refractivity contribution >= 4 is 16.7 Å². The van der Waals surface area contributed by atoms with Gasteiger partial charge < -0.3 is 4.74 Å². The molecule has 100 valence electrons. The van der Waals surface area contributed by atoms with Crippen LogP contribution in [0.2, 0.25) is 0 Å². The minimum Gasteiger partial charge on any atom is -0.471 e. The molecule has 0 unspecified atom stereocenters. The van der Waals surface area contributed by atoms with Crippen molar-refractivity contribution in [3.8, 4) is 5.75 Å². The molecule has 0 aliphatic carbocycles. The van der Waals surface area contributed by atoms with Crippen LogP contribution in [-0.2, 0) is 6.73 Å². The first kappa shape index (κ1) is 12.1. The normalized spacial score (nSPS) is 10.6. The zero-order chi connectivity index (χ0) is 13.9. The molecular weight excluding hydrogens is 260 g/mol. The predicted octanol–water partition coefficient (Wildman–Crippen LogP) is 2.38. The minimum atomic E-state index is -0.450. The summed E-state index contributed by atoms with van der Waals surface area (Å²) in [6.45, 7) is 0.193. The van der Waals surface area contributed by atoms with E-state index in [1.807, 2.05) is 24.3 Å². The molecule has 3 rings (SSSR count). The van der Waals surface area contributed by atoms with Gasteiger partial charge in [-0.25, -0.2) is 4.68 Å². The summed E-state index contributed by atoms with van der Waals surface area (Å²) in [5.74, 6) is 0.537. The van der Waals surface area contributed by atoms with Crippen molar-refractivity contribution in [1.82, 2.24) is 15.0 Å². The molecule has 0 fully saturated rings. The van der Waals surface area contributed by atoms with E-state index in [9.17, 15) is 10.1 Å². The summed E-state index contributed by atoms with van der Waals surface area (Å²) in [6, 6.07) is 13.4. The third-order valence-corrected chi connectivity index (χ3v) is 2.82. The molecule has 0 atom stereocenters. The van der Waals surface area contributed by atoms with Gasteiger partial charge in [0.15, 0.2) is 6.73 Å². The average molecular weight is 270 g/mol. The van der Waals surface area contributed by atoms with Crippen LogP contribution in [0.1, 0.15) is 0 Å². The Labute approximate surface area is 113 Å². The fourth-order valence-electron chi connectivity index (χ4n) is 1.81. The number of ether oxygens (including phenoxy) is 1. The Morgan fingerprint density at radius 1 is 1.15 bits per heavy atom. The van der Waals surface area contributed by atoms with E-state index in [1.54, 1.807) is 16.8 Å². The first-order valence-corrected chi connectivity index (χ1v) is 5.89. The molecule has 7 heteroatoms. The average Bonchev–Trinajstić information content (AvgIpc) is 2.89. The number of nitrogens with zero attached hydrogens (tertiary/aromatic N) is 4. The van der Waals surface area contributed by atoms with Gasteiger partial charge >= 0.3 is 0 Å². The number of nitro benzene ring substituents is 1. The van der Waals surface area contributed by atoms with Crippen molar-refractivity contribution in [2.24, 2.45) is 0 Å². The Balaban J connectivity index is 1.74. The lowest BCUT2D eigenvalue weighted by atomic mass is 10.3. The lowest BCUT2D eigenvalue weighted by molar-refractivity contribution is -0.384. The summed E-state index contributed by atoms with van der Waals surface area (Å²) < 4.78 is 7.15. The number of rotatable bonds is 4. The molecule has 3 aromatic rings. The smallest absolute Gasteiger partial charge is 0.269 e. The van der Waals surface area contributed by atoms with Crippen molar-refractivity contribution in [2.45, 2.75) is 6.73 Å². The maximum Gasteiger partial charge on any atom is 0.269 e. The quantitative estimate of drug-likeness (QED) is 0.537. The summed E-state index contributed by atoms with van der Waals surface area (Å²) >= 11 is 0. The van der Waals surface area contributed by atoms with Gasteiger partial charge in [-0.05, 0) is 24.3 Å². The Kier molecular flexibility index (Phi) is 3.00. The van der Waals surface area contributed by atoms with Gasteiger partial charge in [0.25, 0.3) is 5.69 Å². The maximum absolute atomic E-state index is 10.5. The first-order valence-electron chi connectivity index (χ1n) is 5.89. The van der Waals surface area contributed by atoms with Gasteiger partial charge in [-0.2, -0.15) is 0 Å². The van der Waals surface area contributed by atoms with Gasteiger partial charge in [-0.15, -0.1) is 5.10 Å². The number of non-ortho nitro benzene ring substituents is 1. The maximum atomic E-state index is 10.5. The summed E-state index contributed by atoms with van der Waals surface area (Å²) in [4.78, 5) is 10.1. The second kappa shape index (κ2) is 4.96. The Hall–Kier alpha value is -2.96. The highest BCUT2D eigenvalue weighted by atomic mass is 16.6. The fourth-order valence-corrected chi connectivity index (χ4v) is 1.81. The van der Waals surface area contributed by atoms with Crippen molar-refractivity contribution in [2.75, 3.05) is 0 Å². The molecule has 20 heavy (non-hydrogen) atoms. The van der Waals surface area contributed by atoms with Gasteiger partial charge in [-0.3, -0.25) is 10.1 Å². The molecule has 0 saturated heterocycles. The molecule has 0 radical (unpaired) electrons. The van der Waals surface area contributed by atoms with Crippen molar-refractivity contribution in [3.05, 3.63) is 58.6 Å². The van der Waals surface area contributed by atoms with Crippen LogP contribution in [0.15, 0.2) is 48.5 Å². The Bertz CT molecular complexity index is 752. The molecule has 2 aromatic carbocycles. The molecule has 0 amide bonds. The van der Waals surface area contributed by atoms with E-state index in [0.717, 1.165) is 11.0 Å². The monoisotopic (exact) mass is 270 g/mol. The van der Waals surface area contributed by atoms with E-state index in [0.29, 0.717) is 5.75 Å². The molecule has 0 bridgehead atoms. The second-order valence-corrected chi connectivity index (χ2v) is 4.10. The van der Waals surface area contributed by atoms with Crippen LogP contribution in [0, 0.1) is 10.1 Å². The van der Waals surface area contributed by atoms with E-state index >= 15 is 0 Å². The molecule has 1 heterocycles. The van der Waals surface area contributed by atoms with Crippen LogP contribution < -0.4 is 4.74 Å². The number of nitro groups is 1. The van der Waals surface area contributed by atoms with Gasteiger partial charge in [0.1, 0.15) is 11.3 Å². The molecule has 0 spiro atoms. The van der Waals surface area contributed by atoms with Crippen molar-refractivity contribution < 1.29 is 9.66 Å². The van der Waals surface area contributed by atoms with Crippen LogP contribution in [0.4, 0.5) is 5.69 Å². The van der Waals surface area contributed by atoms with Crippen LogP contribution in [0.5, 0.6) is 5.75 Å². The Morgan fingerprint density at radius 3 is 2.65 bits per heavy atom. The number of hydrogen-bond donors (Lipinski definition) is 0. The number of hydrogen-bond acceptors (Lipinski definition) is 5. The van der Waals surface area contributed by atoms with E-state index in [2.05, 4.69) is 10.3 Å². The molecule has 0 aliphatic rings. The highest BCUT2D eigenvalue weighted by Crippen LogP contribution is 2.18. The highest BCUT2D eigenvalue weighted by molar-refractivity contribution is 5.73. The molecular formula is C13H10N4O3. The number of fused-ring (bicyclic) bond motifs is 1. The first-order chi connectivity index (χ1) is 9.74. The number of benzene rings is 2. The summed E-state index contributed by atoms with van der Waals surface area (Å²) in [5, 5.41) is 18.5. The van der Waals surface area contributed by atoms with E-state index in [-0.39, 0.29) is 12.4 Å². The van der Waals surface area contributed by atoms with E-state index < -0.39 is 4.92 Å². The van der Waals surface area contributed by atoms with Gasteiger partial charge in [0, 0.05) is 12.1 Å². The van der Waals surface area contributed by atoms with Crippen molar-refractivity contribution in [3.63, 3.8) is 0 Å². The number of aromatic nitrogens is 3. The molecule has 0 saturated carbocycles. The van der Waals surface area contributed by atoms with Crippen molar-refractivity contribution in [1.29, 1.82) is 0 Å². The summed E-state index contributed by atoms with van der Waals surface area (Å²) in [6.07, 6.45) is 0. The summed E-state index contributed by atoms with van der Waals surface area (Å²) in [7, 11) is 0. The Morgan fingerprint density at radius 2 is 1.90 bits per heavy atom. The van der Waals surface area contributed by atoms with Crippen LogP contribution in [0.3, 0.4) is 0 Å². The molecule has 0 aliphatic heterocycles. The molecule has 7 nitrogen and oxygen atoms in total. The summed E-state index contributed by atoms with van der Waals surface area (Å²) in [5.41, 5.74) is 1.69. The number of para-hydroxylation sites is 1. The zero-order valence-corrected chi connectivity index (χ0v) is 10.3. The van der Waals surface area contributed by atoms with Crippen LogP contribution in [0.25, 0.3) is 11.0 Å². The van der Waals surface area contributed by atoms with Gasteiger partial charge in [0.2, 0.25) is 0 Å². The minimum absolute atomic E-state index is 0.0311. The largest absolute Gasteiger partial charge is 0.471 e. The van der Waals surface area contributed by atoms with Gasteiger partial charge in [-0.1, -0.05) is 17.3 Å². The van der Waals surface area contributed by atoms with Crippen LogP contribution >= 0.6 is 0 Å². The zero-order valence-electron chi connectivity index (χ0n) is 10.3. The topological polar surface area (TPSA) is 83.1 Å². The third-order valence-electron chi connectivity index (χ3n) is 2.82. The van der Waals surface area contributed by atoms with Crippen LogP contribution in [-0.4, -0.2) is 19.9 Å².